The molecule has 1 aromatic rings. The number of amides is 1. The van der Waals surface area contributed by atoms with Crippen molar-refractivity contribution in [1.82, 2.24) is 0 Å². The Morgan fingerprint density at radius 1 is 1.27 bits per heavy atom. The number of hydrogen-bond acceptors (Lipinski definition) is 3. The van der Waals surface area contributed by atoms with E-state index in [4.69, 9.17) is 0 Å². The van der Waals surface area contributed by atoms with Gasteiger partial charge in [-0.3, -0.25) is 4.79 Å². The van der Waals surface area contributed by atoms with Gasteiger partial charge in [-0.15, -0.1) is 0 Å². The molecule has 0 aromatic heterocycles. The number of carbonyl (C=O) groups is 1. The summed E-state index contributed by atoms with van der Waals surface area (Å²) in [5.74, 6) is -2.11. The highest BCUT2D eigenvalue weighted by molar-refractivity contribution is 7.85. The van der Waals surface area contributed by atoms with Crippen LogP contribution in [0.2, 0.25) is 0 Å². The molecule has 0 bridgehead atoms. The largest absolute Gasteiger partial charge is 0.507 e. The molecule has 0 fully saturated rings. The Kier molecular flexibility index (Phi) is 5.51. The summed E-state index contributed by atoms with van der Waals surface area (Å²) in [6, 6.07) is 2.66. The first-order valence-electron chi connectivity index (χ1n) is 8.04. The molecule has 1 aliphatic rings. The zero-order valence-electron chi connectivity index (χ0n) is 15.0. The number of nitrogens with zero attached hydrogens (tertiary/aromatic N) is 2. The fourth-order valence-electron chi connectivity index (χ4n) is 2.58. The number of hydrogen-bond donors (Lipinski definition) is 1. The third kappa shape index (κ3) is 4.25. The number of anilines is 1. The second-order valence-electron chi connectivity index (χ2n) is 7.09. The number of phenolic OH excluding ortho intramolecular Hbond substituents is 1. The first kappa shape index (κ1) is 20.4. The molecule has 1 N–H and O–H groups in total. The average Bonchev–Trinajstić information content (AvgIpc) is 2.50. The van der Waals surface area contributed by atoms with Crippen LogP contribution in [-0.4, -0.2) is 38.4 Å². The summed E-state index contributed by atoms with van der Waals surface area (Å²) < 4.78 is 54.2. The highest BCUT2D eigenvalue weighted by Crippen LogP contribution is 2.36. The lowest BCUT2D eigenvalue weighted by molar-refractivity contribution is -0.170. The Hall–Kier alpha value is -1.90. The van der Waals surface area contributed by atoms with Gasteiger partial charge in [0, 0.05) is 17.8 Å². The van der Waals surface area contributed by atoms with E-state index in [0.29, 0.717) is 23.3 Å². The Labute approximate surface area is 152 Å². The molecule has 1 aromatic carbocycles. The van der Waals surface area contributed by atoms with Crippen LogP contribution in [0.5, 0.6) is 5.75 Å². The molecule has 0 saturated heterocycles. The zero-order chi connectivity index (χ0) is 19.9. The van der Waals surface area contributed by atoms with Crippen molar-refractivity contribution in [1.29, 1.82) is 0 Å². The number of phenols is 1. The fourth-order valence-corrected chi connectivity index (χ4v) is 3.20. The van der Waals surface area contributed by atoms with Crippen LogP contribution in [0.25, 0.3) is 0 Å². The van der Waals surface area contributed by atoms with Crippen molar-refractivity contribution in [3.8, 4) is 5.75 Å². The Bertz CT molecular complexity index is 783. The van der Waals surface area contributed by atoms with E-state index in [0.717, 1.165) is 0 Å². The monoisotopic (exact) mass is 390 g/mol. The predicted octanol–water partition coefficient (Wildman–Crippen LogP) is 3.50. The van der Waals surface area contributed by atoms with Gasteiger partial charge in [0.2, 0.25) is 0 Å². The minimum atomic E-state index is -4.98. The van der Waals surface area contributed by atoms with Crippen molar-refractivity contribution < 1.29 is 27.3 Å². The van der Waals surface area contributed by atoms with Crippen LogP contribution in [0, 0.1) is 0 Å². The average molecular weight is 390 g/mol. The standard InChI is InChI=1S/C17H21F3N2O3S/c1-10(21-26(25)16(2,3)4)12-9-13-11(8-14(12)23)6-5-7-22(13)15(24)17(18,19)20/h8-9,23H,5-7H2,1-4H3/t26-/m0/s1. The number of halogens is 3. The first-order chi connectivity index (χ1) is 11.8. The van der Waals surface area contributed by atoms with Crippen molar-refractivity contribution in [3.05, 3.63) is 23.3 Å². The van der Waals surface area contributed by atoms with Crippen LogP contribution in [0.3, 0.4) is 0 Å². The zero-order valence-corrected chi connectivity index (χ0v) is 15.8. The molecule has 5 nitrogen and oxygen atoms in total. The van der Waals surface area contributed by atoms with E-state index in [1.807, 2.05) is 0 Å². The first-order valence-corrected chi connectivity index (χ1v) is 9.15. The van der Waals surface area contributed by atoms with Gasteiger partial charge in [0.15, 0.2) is 0 Å². The van der Waals surface area contributed by atoms with Gasteiger partial charge < -0.3 is 10.0 Å². The highest BCUT2D eigenvalue weighted by atomic mass is 32.2. The number of carbonyl (C=O) groups excluding carboxylic acids is 1. The van der Waals surface area contributed by atoms with Crippen LogP contribution in [0.4, 0.5) is 18.9 Å². The maximum atomic E-state index is 12.9. The summed E-state index contributed by atoms with van der Waals surface area (Å²) in [5, 5.41) is 10.2. The van der Waals surface area contributed by atoms with Crippen molar-refractivity contribution >= 4 is 28.3 Å². The van der Waals surface area contributed by atoms with E-state index in [9.17, 15) is 27.3 Å². The number of rotatable bonds is 2. The summed E-state index contributed by atoms with van der Waals surface area (Å²) in [6.45, 7) is 6.66. The number of aromatic hydroxyl groups is 1. The summed E-state index contributed by atoms with van der Waals surface area (Å²) in [7, 11) is -1.59. The Morgan fingerprint density at radius 2 is 1.88 bits per heavy atom. The van der Waals surface area contributed by atoms with Gasteiger partial charge in [0.05, 0.1) is 10.5 Å². The lowest BCUT2D eigenvalue weighted by Crippen LogP contribution is -2.44. The van der Waals surface area contributed by atoms with Gasteiger partial charge in [0.25, 0.3) is 0 Å². The van der Waals surface area contributed by atoms with E-state index in [2.05, 4.69) is 4.40 Å². The van der Waals surface area contributed by atoms with Crippen molar-refractivity contribution in [2.75, 3.05) is 11.4 Å². The molecule has 1 heterocycles. The molecule has 0 aliphatic carbocycles. The summed E-state index contributed by atoms with van der Waals surface area (Å²) in [5.41, 5.74) is 0.939. The van der Waals surface area contributed by atoms with Crippen molar-refractivity contribution in [2.24, 2.45) is 4.40 Å². The summed E-state index contributed by atoms with van der Waals surface area (Å²) >= 11 is 0. The number of fused-ring (bicyclic) bond motifs is 1. The third-order valence-corrected chi connectivity index (χ3v) is 5.42. The molecule has 0 spiro atoms. The molecular weight excluding hydrogens is 369 g/mol. The molecule has 0 saturated carbocycles. The molecular formula is C17H21F3N2O3S. The smallest absolute Gasteiger partial charge is 0.471 e. The lowest BCUT2D eigenvalue weighted by Gasteiger charge is -2.30. The van der Waals surface area contributed by atoms with Crippen LogP contribution >= 0.6 is 0 Å². The van der Waals surface area contributed by atoms with Gasteiger partial charge in [-0.25, -0.2) is 4.21 Å². The molecule has 144 valence electrons. The van der Waals surface area contributed by atoms with E-state index < -0.39 is 27.8 Å². The molecule has 1 amide bonds. The van der Waals surface area contributed by atoms with Gasteiger partial charge >= 0.3 is 12.1 Å². The second kappa shape index (κ2) is 7.02. The molecule has 0 radical (unpaired) electrons. The molecule has 1 atom stereocenters. The molecule has 9 heteroatoms. The maximum absolute atomic E-state index is 12.9. The molecule has 26 heavy (non-hydrogen) atoms. The van der Waals surface area contributed by atoms with Gasteiger partial charge in [0.1, 0.15) is 16.7 Å². The Balaban J connectivity index is 2.51. The third-order valence-electron chi connectivity index (χ3n) is 3.94. The normalized spacial score (nSPS) is 17.0. The van der Waals surface area contributed by atoms with E-state index in [1.165, 1.54) is 19.1 Å². The highest BCUT2D eigenvalue weighted by Gasteiger charge is 2.44. The topological polar surface area (TPSA) is 70.0 Å². The molecule has 2 rings (SSSR count). The van der Waals surface area contributed by atoms with E-state index in [-0.39, 0.29) is 29.3 Å². The van der Waals surface area contributed by atoms with E-state index >= 15 is 0 Å². The van der Waals surface area contributed by atoms with Crippen LogP contribution in [0.15, 0.2) is 16.5 Å². The summed E-state index contributed by atoms with van der Waals surface area (Å²) in [4.78, 5) is 12.4. The second-order valence-corrected chi connectivity index (χ2v) is 9.00. The van der Waals surface area contributed by atoms with Crippen molar-refractivity contribution in [3.63, 3.8) is 0 Å². The number of aryl methyl sites for hydroxylation is 1. The fraction of sp³-hybridized carbons (Fsp3) is 0.529. The predicted molar refractivity (Wildman–Crippen MR) is 94.9 cm³/mol. The SMILES string of the molecule is CC(=N[S@@](=O)C(C)(C)C)c1cc2c(cc1O)CCCN2C(=O)C(F)(F)F. The Morgan fingerprint density at radius 3 is 2.42 bits per heavy atom. The van der Waals surface area contributed by atoms with Crippen LogP contribution < -0.4 is 4.90 Å². The van der Waals surface area contributed by atoms with E-state index in [1.54, 1.807) is 20.8 Å². The summed E-state index contributed by atoms with van der Waals surface area (Å²) in [6.07, 6.45) is -4.16. The lowest BCUT2D eigenvalue weighted by atomic mass is 9.97. The van der Waals surface area contributed by atoms with Crippen LogP contribution in [-0.2, 0) is 22.2 Å². The minimum absolute atomic E-state index is 0.0559. The van der Waals surface area contributed by atoms with Crippen LogP contribution in [0.1, 0.15) is 45.2 Å². The maximum Gasteiger partial charge on any atom is 0.471 e. The number of benzene rings is 1. The van der Waals surface area contributed by atoms with Gasteiger partial charge in [-0.2, -0.15) is 17.6 Å². The van der Waals surface area contributed by atoms with Crippen molar-refractivity contribution in [2.45, 2.75) is 51.5 Å². The van der Waals surface area contributed by atoms with Gasteiger partial charge in [-0.05, 0) is 58.2 Å². The quantitative estimate of drug-likeness (QED) is 0.786. The molecule has 0 unspecified atom stereocenters. The molecule has 1 aliphatic heterocycles. The number of alkyl halides is 3. The van der Waals surface area contributed by atoms with Gasteiger partial charge in [-0.1, -0.05) is 0 Å². The minimum Gasteiger partial charge on any atom is -0.507 e.